The number of likely N-dealkylation sites (tertiary alicyclic amines) is 1. The number of pyridine rings is 1. The van der Waals surface area contributed by atoms with Crippen LogP contribution in [0.4, 0.5) is 5.82 Å². The first-order valence-corrected chi connectivity index (χ1v) is 8.16. The minimum atomic E-state index is -0.276. The number of hydrogen-bond acceptors (Lipinski definition) is 5. The summed E-state index contributed by atoms with van der Waals surface area (Å²) < 4.78 is 5.18. The van der Waals surface area contributed by atoms with E-state index in [4.69, 9.17) is 4.74 Å². The van der Waals surface area contributed by atoms with E-state index in [-0.39, 0.29) is 17.9 Å². The highest BCUT2D eigenvalue weighted by Gasteiger charge is 2.29. The summed E-state index contributed by atoms with van der Waals surface area (Å²) in [4.78, 5) is 29.5. The molecular weight excluding hydrogens is 294 g/mol. The van der Waals surface area contributed by atoms with E-state index in [1.165, 1.54) is 6.92 Å². The van der Waals surface area contributed by atoms with Crippen LogP contribution in [0.1, 0.15) is 33.1 Å². The Balaban J connectivity index is 1.91. The number of esters is 1. The lowest BCUT2D eigenvalue weighted by Gasteiger charge is -2.38. The molecule has 0 aromatic carbocycles. The maximum absolute atomic E-state index is 12.2. The van der Waals surface area contributed by atoms with Crippen molar-refractivity contribution in [2.45, 2.75) is 39.2 Å². The van der Waals surface area contributed by atoms with Crippen molar-refractivity contribution in [3.8, 4) is 0 Å². The summed E-state index contributed by atoms with van der Waals surface area (Å²) in [7, 11) is 0. The Bertz CT molecular complexity index is 521. The van der Waals surface area contributed by atoms with Gasteiger partial charge in [-0.3, -0.25) is 14.5 Å². The Morgan fingerprint density at radius 2 is 2.26 bits per heavy atom. The van der Waals surface area contributed by atoms with Crippen LogP contribution in [0, 0.1) is 5.92 Å². The number of piperidine rings is 1. The van der Waals surface area contributed by atoms with E-state index in [9.17, 15) is 9.59 Å². The van der Waals surface area contributed by atoms with Crippen molar-refractivity contribution in [2.24, 2.45) is 5.92 Å². The quantitative estimate of drug-likeness (QED) is 0.813. The molecule has 0 saturated carbocycles. The molecule has 1 aromatic heterocycles. The van der Waals surface area contributed by atoms with E-state index in [2.05, 4.69) is 22.1 Å². The van der Waals surface area contributed by atoms with Gasteiger partial charge in [0.2, 0.25) is 5.91 Å². The molecule has 0 radical (unpaired) electrons. The zero-order valence-corrected chi connectivity index (χ0v) is 13.8. The molecule has 1 aromatic rings. The molecule has 2 unspecified atom stereocenters. The van der Waals surface area contributed by atoms with E-state index in [0.29, 0.717) is 24.9 Å². The summed E-state index contributed by atoms with van der Waals surface area (Å²) in [6, 6.07) is 5.50. The average molecular weight is 319 g/mol. The summed E-state index contributed by atoms with van der Waals surface area (Å²) in [5.74, 6) is 0.816. The molecule has 1 saturated heterocycles. The van der Waals surface area contributed by atoms with E-state index in [1.54, 1.807) is 18.3 Å². The van der Waals surface area contributed by atoms with Crippen LogP contribution in [-0.4, -0.2) is 47.5 Å². The standard InChI is InChI=1S/C17H25N3O3/c1-3-14-7-9-20(15(10-14)12-23-13(2)21)11-17(22)19-16-6-4-5-8-18-16/h4-6,8,14-15H,3,7,9-12H2,1-2H3,(H,18,19,22). The number of ether oxygens (including phenoxy) is 1. The number of hydrogen-bond donors (Lipinski definition) is 1. The van der Waals surface area contributed by atoms with Gasteiger partial charge in [0.1, 0.15) is 12.4 Å². The minimum Gasteiger partial charge on any atom is -0.464 e. The second kappa shape index (κ2) is 8.62. The van der Waals surface area contributed by atoms with Crippen molar-refractivity contribution in [1.29, 1.82) is 0 Å². The van der Waals surface area contributed by atoms with Crippen LogP contribution in [-0.2, 0) is 14.3 Å². The van der Waals surface area contributed by atoms with Crippen LogP contribution < -0.4 is 5.32 Å². The highest BCUT2D eigenvalue weighted by molar-refractivity contribution is 5.91. The molecule has 0 spiro atoms. The topological polar surface area (TPSA) is 71.5 Å². The number of carbonyl (C=O) groups is 2. The maximum Gasteiger partial charge on any atom is 0.302 e. The fraction of sp³-hybridized carbons (Fsp3) is 0.588. The van der Waals surface area contributed by atoms with Gasteiger partial charge in [-0.2, -0.15) is 0 Å². The average Bonchev–Trinajstić information content (AvgIpc) is 2.54. The van der Waals surface area contributed by atoms with Crippen molar-refractivity contribution in [2.75, 3.05) is 25.0 Å². The largest absolute Gasteiger partial charge is 0.464 e. The highest BCUT2D eigenvalue weighted by Crippen LogP contribution is 2.25. The van der Waals surface area contributed by atoms with Gasteiger partial charge in [0.05, 0.1) is 6.54 Å². The lowest BCUT2D eigenvalue weighted by molar-refractivity contribution is -0.143. The van der Waals surface area contributed by atoms with Gasteiger partial charge in [0, 0.05) is 19.2 Å². The first-order chi connectivity index (χ1) is 11.1. The fourth-order valence-corrected chi connectivity index (χ4v) is 2.95. The van der Waals surface area contributed by atoms with Crippen LogP contribution in [0.15, 0.2) is 24.4 Å². The molecule has 2 rings (SSSR count). The van der Waals surface area contributed by atoms with Gasteiger partial charge in [-0.1, -0.05) is 19.4 Å². The zero-order chi connectivity index (χ0) is 16.7. The lowest BCUT2D eigenvalue weighted by Crippen LogP contribution is -2.48. The number of nitrogens with zero attached hydrogens (tertiary/aromatic N) is 2. The monoisotopic (exact) mass is 319 g/mol. The molecule has 1 fully saturated rings. The maximum atomic E-state index is 12.2. The first kappa shape index (κ1) is 17.4. The third kappa shape index (κ3) is 5.63. The van der Waals surface area contributed by atoms with Crippen molar-refractivity contribution < 1.29 is 14.3 Å². The Morgan fingerprint density at radius 1 is 1.43 bits per heavy atom. The SMILES string of the molecule is CCC1CCN(CC(=O)Nc2ccccn2)C(COC(C)=O)C1. The summed E-state index contributed by atoms with van der Waals surface area (Å²) in [6.07, 6.45) is 4.79. The molecule has 1 aliphatic rings. The number of aromatic nitrogens is 1. The fourth-order valence-electron chi connectivity index (χ4n) is 2.95. The number of anilines is 1. The number of carbonyl (C=O) groups excluding carboxylic acids is 2. The number of rotatable bonds is 6. The Kier molecular flexibility index (Phi) is 6.52. The molecule has 6 nitrogen and oxygen atoms in total. The molecular formula is C17H25N3O3. The summed E-state index contributed by atoms with van der Waals surface area (Å²) >= 11 is 0. The molecule has 6 heteroatoms. The molecule has 1 amide bonds. The second-order valence-corrected chi connectivity index (χ2v) is 5.99. The van der Waals surface area contributed by atoms with E-state index in [1.807, 2.05) is 6.07 Å². The molecule has 2 atom stereocenters. The van der Waals surface area contributed by atoms with Crippen LogP contribution in [0.2, 0.25) is 0 Å². The minimum absolute atomic E-state index is 0.0912. The predicted octanol–water partition coefficient (Wildman–Crippen LogP) is 2.07. The molecule has 1 N–H and O–H groups in total. The van der Waals surface area contributed by atoms with Gasteiger partial charge < -0.3 is 10.1 Å². The first-order valence-electron chi connectivity index (χ1n) is 8.16. The van der Waals surface area contributed by atoms with E-state index < -0.39 is 0 Å². The van der Waals surface area contributed by atoms with Crippen molar-refractivity contribution in [3.05, 3.63) is 24.4 Å². The molecule has 23 heavy (non-hydrogen) atoms. The van der Waals surface area contributed by atoms with Crippen LogP contribution in [0.25, 0.3) is 0 Å². The summed E-state index contributed by atoms with van der Waals surface area (Å²) in [6.45, 7) is 5.08. The molecule has 2 heterocycles. The van der Waals surface area contributed by atoms with Gasteiger partial charge >= 0.3 is 5.97 Å². The van der Waals surface area contributed by atoms with Crippen LogP contribution in [0.3, 0.4) is 0 Å². The molecule has 1 aliphatic heterocycles. The Labute approximate surface area is 137 Å². The molecule has 0 bridgehead atoms. The smallest absolute Gasteiger partial charge is 0.302 e. The zero-order valence-electron chi connectivity index (χ0n) is 13.8. The Morgan fingerprint density at radius 3 is 2.91 bits per heavy atom. The molecule has 126 valence electrons. The normalized spacial score (nSPS) is 21.7. The third-order valence-electron chi connectivity index (χ3n) is 4.28. The lowest BCUT2D eigenvalue weighted by atomic mass is 9.89. The summed E-state index contributed by atoms with van der Waals surface area (Å²) in [5, 5.41) is 2.80. The van der Waals surface area contributed by atoms with Crippen molar-refractivity contribution in [1.82, 2.24) is 9.88 Å². The predicted molar refractivity (Wildman–Crippen MR) is 87.9 cm³/mol. The van der Waals surface area contributed by atoms with Gasteiger partial charge in [0.15, 0.2) is 0 Å². The van der Waals surface area contributed by atoms with Crippen molar-refractivity contribution >= 4 is 17.7 Å². The highest BCUT2D eigenvalue weighted by atomic mass is 16.5. The van der Waals surface area contributed by atoms with E-state index >= 15 is 0 Å². The van der Waals surface area contributed by atoms with Crippen LogP contribution in [0.5, 0.6) is 0 Å². The van der Waals surface area contributed by atoms with Crippen molar-refractivity contribution in [3.63, 3.8) is 0 Å². The summed E-state index contributed by atoms with van der Waals surface area (Å²) in [5.41, 5.74) is 0. The van der Waals surface area contributed by atoms with E-state index in [0.717, 1.165) is 25.8 Å². The van der Waals surface area contributed by atoms with Gasteiger partial charge in [-0.25, -0.2) is 4.98 Å². The third-order valence-corrected chi connectivity index (χ3v) is 4.28. The second-order valence-electron chi connectivity index (χ2n) is 5.99. The number of amides is 1. The Hall–Kier alpha value is -1.95. The molecule has 0 aliphatic carbocycles. The number of nitrogens with one attached hydrogen (secondary N) is 1. The van der Waals surface area contributed by atoms with Gasteiger partial charge in [-0.15, -0.1) is 0 Å². The van der Waals surface area contributed by atoms with Crippen LogP contribution >= 0.6 is 0 Å². The van der Waals surface area contributed by atoms with Gasteiger partial charge in [-0.05, 0) is 37.4 Å². The van der Waals surface area contributed by atoms with Gasteiger partial charge in [0.25, 0.3) is 0 Å².